The van der Waals surface area contributed by atoms with Crippen molar-refractivity contribution in [3.05, 3.63) is 53.1 Å². The van der Waals surface area contributed by atoms with E-state index in [2.05, 4.69) is 25.4 Å². The molecule has 0 saturated heterocycles. The summed E-state index contributed by atoms with van der Waals surface area (Å²) < 4.78 is 5.17. The first-order valence-corrected chi connectivity index (χ1v) is 6.69. The van der Waals surface area contributed by atoms with Crippen LogP contribution in [0.2, 0.25) is 5.02 Å². The van der Waals surface area contributed by atoms with Crippen LogP contribution >= 0.6 is 11.6 Å². The molecule has 0 aliphatic carbocycles. The van der Waals surface area contributed by atoms with Gasteiger partial charge in [0.05, 0.1) is 6.54 Å². The lowest BCUT2D eigenvalue weighted by molar-refractivity contribution is 0.384. The number of aryl methyl sites for hydroxylation is 1. The monoisotopic (exact) mass is 301 g/mol. The first-order chi connectivity index (χ1) is 10.2. The fourth-order valence-corrected chi connectivity index (χ4v) is 1.80. The Hall–Kier alpha value is -2.47. The number of hydrogen-bond acceptors (Lipinski definition) is 6. The second kappa shape index (κ2) is 5.88. The van der Waals surface area contributed by atoms with Gasteiger partial charge in [-0.05, 0) is 36.8 Å². The van der Waals surface area contributed by atoms with Crippen LogP contribution in [0.25, 0.3) is 11.6 Å². The molecule has 1 N–H and O–H groups in total. The normalized spacial score (nSPS) is 10.6. The molecule has 2 heterocycles. The van der Waals surface area contributed by atoms with Gasteiger partial charge in [-0.3, -0.25) is 0 Å². The summed E-state index contributed by atoms with van der Waals surface area (Å²) in [5, 5.41) is 7.73. The Labute approximate surface area is 126 Å². The highest BCUT2D eigenvalue weighted by atomic mass is 35.5. The largest absolute Gasteiger partial charge is 0.376 e. The van der Waals surface area contributed by atoms with E-state index in [4.69, 9.17) is 16.1 Å². The number of halogens is 1. The average Bonchev–Trinajstić information content (AvgIpc) is 2.96. The van der Waals surface area contributed by atoms with Crippen molar-refractivity contribution in [3.63, 3.8) is 0 Å². The highest BCUT2D eigenvalue weighted by Gasteiger charge is 2.10. The van der Waals surface area contributed by atoms with E-state index in [-0.39, 0.29) is 0 Å². The third-order valence-electron chi connectivity index (χ3n) is 2.74. The van der Waals surface area contributed by atoms with Gasteiger partial charge in [0.2, 0.25) is 17.5 Å². The molecule has 6 nitrogen and oxygen atoms in total. The predicted octanol–water partition coefficient (Wildman–Crippen LogP) is 3.10. The van der Waals surface area contributed by atoms with Crippen LogP contribution in [0.4, 0.5) is 5.69 Å². The zero-order valence-corrected chi connectivity index (χ0v) is 12.0. The third kappa shape index (κ3) is 3.35. The molecule has 21 heavy (non-hydrogen) atoms. The smallest absolute Gasteiger partial charge is 0.246 e. The minimum Gasteiger partial charge on any atom is -0.376 e. The molecule has 3 aromatic rings. The molecule has 0 aliphatic rings. The van der Waals surface area contributed by atoms with Crippen LogP contribution in [0, 0.1) is 6.92 Å². The Morgan fingerprint density at radius 3 is 2.52 bits per heavy atom. The Morgan fingerprint density at radius 2 is 1.81 bits per heavy atom. The van der Waals surface area contributed by atoms with Crippen molar-refractivity contribution < 1.29 is 4.52 Å². The third-order valence-corrected chi connectivity index (χ3v) is 2.99. The molecule has 106 valence electrons. The quantitative estimate of drug-likeness (QED) is 0.798. The zero-order valence-electron chi connectivity index (χ0n) is 11.2. The van der Waals surface area contributed by atoms with Crippen LogP contribution in [-0.2, 0) is 6.54 Å². The van der Waals surface area contributed by atoms with Gasteiger partial charge in [-0.15, -0.1) is 0 Å². The maximum Gasteiger partial charge on any atom is 0.246 e. The lowest BCUT2D eigenvalue weighted by Crippen LogP contribution is -1.99. The first-order valence-electron chi connectivity index (χ1n) is 6.32. The van der Waals surface area contributed by atoms with Crippen molar-refractivity contribution in [1.82, 2.24) is 20.1 Å². The van der Waals surface area contributed by atoms with Crippen molar-refractivity contribution in [3.8, 4) is 11.6 Å². The van der Waals surface area contributed by atoms with Crippen LogP contribution in [0.1, 0.15) is 11.5 Å². The summed E-state index contributed by atoms with van der Waals surface area (Å²) in [6.07, 6.45) is 3.43. The van der Waals surface area contributed by atoms with Gasteiger partial charge in [-0.25, -0.2) is 9.97 Å². The molecule has 0 amide bonds. The number of aromatic nitrogens is 4. The number of nitrogens with one attached hydrogen (secondary N) is 1. The van der Waals surface area contributed by atoms with Crippen LogP contribution in [-0.4, -0.2) is 20.1 Å². The van der Waals surface area contributed by atoms with Gasteiger partial charge in [0, 0.05) is 23.1 Å². The lowest BCUT2D eigenvalue weighted by atomic mass is 10.3. The van der Waals surface area contributed by atoms with Crippen LogP contribution in [0.5, 0.6) is 0 Å². The maximum absolute atomic E-state index is 5.83. The standard InChI is InChI=1S/C14H12ClN5O/c1-9-6-17-13(18-7-9)14-19-12(21-20-14)8-16-11-4-2-10(15)3-5-11/h2-7,16H,8H2,1H3. The van der Waals surface area contributed by atoms with Gasteiger partial charge in [-0.1, -0.05) is 16.8 Å². The maximum atomic E-state index is 5.83. The van der Waals surface area contributed by atoms with E-state index < -0.39 is 0 Å². The van der Waals surface area contributed by atoms with Crippen LogP contribution in [0.3, 0.4) is 0 Å². The zero-order chi connectivity index (χ0) is 14.7. The summed E-state index contributed by atoms with van der Waals surface area (Å²) in [5.74, 6) is 1.29. The summed E-state index contributed by atoms with van der Waals surface area (Å²) in [6, 6.07) is 7.37. The molecule has 0 unspecified atom stereocenters. The predicted molar refractivity (Wildman–Crippen MR) is 78.8 cm³/mol. The van der Waals surface area contributed by atoms with Gasteiger partial charge < -0.3 is 9.84 Å². The van der Waals surface area contributed by atoms with E-state index in [1.165, 1.54) is 0 Å². The number of hydrogen-bond donors (Lipinski definition) is 1. The van der Waals surface area contributed by atoms with Gasteiger partial charge in [-0.2, -0.15) is 4.98 Å². The van der Waals surface area contributed by atoms with Gasteiger partial charge >= 0.3 is 0 Å². The SMILES string of the molecule is Cc1cnc(-c2noc(CNc3ccc(Cl)cc3)n2)nc1. The van der Waals surface area contributed by atoms with Crippen LogP contribution in [0.15, 0.2) is 41.2 Å². The molecule has 0 aliphatic heterocycles. The van der Waals surface area contributed by atoms with Crippen molar-refractivity contribution in [2.24, 2.45) is 0 Å². The number of benzene rings is 1. The van der Waals surface area contributed by atoms with E-state index in [0.717, 1.165) is 11.3 Å². The van der Waals surface area contributed by atoms with E-state index in [1.54, 1.807) is 12.4 Å². The fraction of sp³-hybridized carbons (Fsp3) is 0.143. The summed E-state index contributed by atoms with van der Waals surface area (Å²) in [7, 11) is 0. The van der Waals surface area contributed by atoms with Gasteiger partial charge in [0.15, 0.2) is 0 Å². The highest BCUT2D eigenvalue weighted by molar-refractivity contribution is 6.30. The van der Waals surface area contributed by atoms with Crippen molar-refractivity contribution >= 4 is 17.3 Å². The Morgan fingerprint density at radius 1 is 1.10 bits per heavy atom. The molecular formula is C14H12ClN5O. The molecule has 3 rings (SSSR count). The summed E-state index contributed by atoms with van der Waals surface area (Å²) >= 11 is 5.83. The van der Waals surface area contributed by atoms with E-state index in [9.17, 15) is 0 Å². The fourth-order valence-electron chi connectivity index (χ4n) is 1.67. The van der Waals surface area contributed by atoms with Crippen molar-refractivity contribution in [1.29, 1.82) is 0 Å². The van der Waals surface area contributed by atoms with E-state index in [0.29, 0.717) is 29.1 Å². The second-order valence-corrected chi connectivity index (χ2v) is 4.89. The molecule has 0 saturated carbocycles. The van der Waals surface area contributed by atoms with E-state index >= 15 is 0 Å². The van der Waals surface area contributed by atoms with Gasteiger partial charge in [0.25, 0.3) is 0 Å². The number of anilines is 1. The summed E-state index contributed by atoms with van der Waals surface area (Å²) in [5.41, 5.74) is 1.90. The lowest BCUT2D eigenvalue weighted by Gasteiger charge is -2.02. The molecule has 1 aromatic carbocycles. The molecule has 2 aromatic heterocycles. The molecule has 0 fully saturated rings. The van der Waals surface area contributed by atoms with Crippen molar-refractivity contribution in [2.75, 3.05) is 5.32 Å². The minimum atomic E-state index is 0.378. The average molecular weight is 302 g/mol. The number of nitrogens with zero attached hydrogens (tertiary/aromatic N) is 4. The topological polar surface area (TPSA) is 76.7 Å². The van der Waals surface area contributed by atoms with Gasteiger partial charge in [0.1, 0.15) is 0 Å². The first kappa shape index (κ1) is 13.5. The summed E-state index contributed by atoms with van der Waals surface area (Å²) in [6.45, 7) is 2.34. The Kier molecular flexibility index (Phi) is 3.79. The number of rotatable bonds is 4. The Bertz CT molecular complexity index is 724. The molecular weight excluding hydrogens is 290 g/mol. The molecule has 7 heteroatoms. The molecule has 0 atom stereocenters. The summed E-state index contributed by atoms with van der Waals surface area (Å²) in [4.78, 5) is 12.6. The minimum absolute atomic E-state index is 0.378. The van der Waals surface area contributed by atoms with Crippen molar-refractivity contribution in [2.45, 2.75) is 13.5 Å². The Balaban J connectivity index is 1.67. The van der Waals surface area contributed by atoms with Crippen LogP contribution < -0.4 is 5.32 Å². The molecule has 0 radical (unpaired) electrons. The molecule has 0 spiro atoms. The van der Waals surface area contributed by atoms with E-state index in [1.807, 2.05) is 31.2 Å². The second-order valence-electron chi connectivity index (χ2n) is 4.46. The molecule has 0 bridgehead atoms. The highest BCUT2D eigenvalue weighted by Crippen LogP contribution is 2.15.